The molecule has 96 valence electrons. The SMILES string of the molecule is O=CC1[C@H]2CC(c3ccnc4ccc(F)cc34)C[C@@H]12. The molecule has 2 aliphatic rings. The zero-order chi connectivity index (χ0) is 13.0. The Labute approximate surface area is 110 Å². The van der Waals surface area contributed by atoms with Crippen molar-refractivity contribution in [3.63, 3.8) is 0 Å². The Morgan fingerprint density at radius 1 is 1.21 bits per heavy atom. The van der Waals surface area contributed by atoms with Crippen molar-refractivity contribution >= 4 is 17.2 Å². The molecule has 2 aliphatic carbocycles. The Morgan fingerprint density at radius 2 is 2.00 bits per heavy atom. The number of nitrogens with zero attached hydrogens (tertiary/aromatic N) is 1. The second kappa shape index (κ2) is 3.86. The molecule has 0 spiro atoms. The van der Waals surface area contributed by atoms with Crippen LogP contribution in [0.2, 0.25) is 0 Å². The fraction of sp³-hybridized carbons (Fsp3) is 0.375. The first-order chi connectivity index (χ1) is 9.28. The average molecular weight is 255 g/mol. The van der Waals surface area contributed by atoms with Crippen molar-refractivity contribution in [3.8, 4) is 0 Å². The van der Waals surface area contributed by atoms with Crippen LogP contribution < -0.4 is 0 Å². The number of pyridine rings is 1. The molecule has 2 aromatic rings. The highest BCUT2D eigenvalue weighted by Crippen LogP contribution is 2.61. The number of hydrogen-bond acceptors (Lipinski definition) is 2. The summed E-state index contributed by atoms with van der Waals surface area (Å²) >= 11 is 0. The standard InChI is InChI=1S/C16H14FNO/c17-10-1-2-16-14(7-10)11(3-4-18-16)9-5-12-13(6-9)15(12)8-19/h1-4,7-9,12-13,15H,5-6H2/t9?,12-,13+,15?. The van der Waals surface area contributed by atoms with Crippen LogP contribution in [0.1, 0.15) is 24.3 Å². The molecule has 0 amide bonds. The highest BCUT2D eigenvalue weighted by molar-refractivity contribution is 5.82. The van der Waals surface area contributed by atoms with E-state index in [0.717, 1.165) is 30.0 Å². The van der Waals surface area contributed by atoms with Crippen LogP contribution in [0.4, 0.5) is 4.39 Å². The molecule has 1 aromatic carbocycles. The van der Waals surface area contributed by atoms with E-state index >= 15 is 0 Å². The largest absolute Gasteiger partial charge is 0.303 e. The Hall–Kier alpha value is -1.77. The van der Waals surface area contributed by atoms with E-state index in [1.54, 1.807) is 18.3 Å². The van der Waals surface area contributed by atoms with Gasteiger partial charge in [-0.2, -0.15) is 0 Å². The number of rotatable bonds is 2. The van der Waals surface area contributed by atoms with Crippen LogP contribution in [-0.4, -0.2) is 11.3 Å². The first kappa shape index (κ1) is 11.1. The van der Waals surface area contributed by atoms with Crippen LogP contribution in [0.5, 0.6) is 0 Å². The predicted molar refractivity (Wildman–Crippen MR) is 70.2 cm³/mol. The van der Waals surface area contributed by atoms with Gasteiger partial charge in [0.1, 0.15) is 12.1 Å². The highest BCUT2D eigenvalue weighted by atomic mass is 19.1. The molecule has 19 heavy (non-hydrogen) atoms. The molecule has 2 nitrogen and oxygen atoms in total. The van der Waals surface area contributed by atoms with Gasteiger partial charge >= 0.3 is 0 Å². The van der Waals surface area contributed by atoms with Gasteiger partial charge in [0.05, 0.1) is 5.52 Å². The van der Waals surface area contributed by atoms with Crippen LogP contribution in [0.3, 0.4) is 0 Å². The van der Waals surface area contributed by atoms with Crippen LogP contribution in [-0.2, 0) is 4.79 Å². The minimum atomic E-state index is -0.212. The third-order valence-corrected chi connectivity index (χ3v) is 4.85. The lowest BCUT2D eigenvalue weighted by molar-refractivity contribution is -0.109. The van der Waals surface area contributed by atoms with Gasteiger partial charge in [-0.1, -0.05) is 0 Å². The van der Waals surface area contributed by atoms with Crippen LogP contribution in [0.15, 0.2) is 30.5 Å². The lowest BCUT2D eigenvalue weighted by Crippen LogP contribution is -2.02. The van der Waals surface area contributed by atoms with Crippen molar-refractivity contribution in [2.75, 3.05) is 0 Å². The third kappa shape index (κ3) is 1.61. The molecule has 3 heteroatoms. The van der Waals surface area contributed by atoms with E-state index in [9.17, 15) is 9.18 Å². The summed E-state index contributed by atoms with van der Waals surface area (Å²) in [5.41, 5.74) is 2.05. The molecule has 0 N–H and O–H groups in total. The summed E-state index contributed by atoms with van der Waals surface area (Å²) in [5, 5.41) is 0.927. The molecule has 4 rings (SSSR count). The number of aldehydes is 1. The molecule has 1 heterocycles. The number of halogens is 1. The summed E-state index contributed by atoms with van der Waals surface area (Å²) in [5.74, 6) is 1.67. The Bertz CT molecular complexity index is 657. The molecule has 2 fully saturated rings. The summed E-state index contributed by atoms with van der Waals surface area (Å²) in [6.45, 7) is 0. The highest BCUT2D eigenvalue weighted by Gasteiger charge is 2.56. The van der Waals surface area contributed by atoms with Crippen molar-refractivity contribution in [3.05, 3.63) is 41.8 Å². The quantitative estimate of drug-likeness (QED) is 0.770. The number of hydrogen-bond donors (Lipinski definition) is 0. The lowest BCUT2D eigenvalue weighted by atomic mass is 9.90. The van der Waals surface area contributed by atoms with Gasteiger partial charge in [0, 0.05) is 17.5 Å². The van der Waals surface area contributed by atoms with Gasteiger partial charge in [-0.05, 0) is 60.4 Å². The zero-order valence-corrected chi connectivity index (χ0v) is 10.4. The van der Waals surface area contributed by atoms with E-state index in [2.05, 4.69) is 4.98 Å². The summed E-state index contributed by atoms with van der Waals surface area (Å²) in [4.78, 5) is 15.1. The number of carbonyl (C=O) groups is 1. The van der Waals surface area contributed by atoms with Crippen molar-refractivity contribution in [2.45, 2.75) is 18.8 Å². The second-order valence-corrected chi connectivity index (χ2v) is 5.77. The van der Waals surface area contributed by atoms with Crippen molar-refractivity contribution in [2.24, 2.45) is 17.8 Å². The number of fused-ring (bicyclic) bond motifs is 2. The molecule has 0 aliphatic heterocycles. The molecular formula is C16H14FNO. The fourth-order valence-corrected chi connectivity index (χ4v) is 3.84. The van der Waals surface area contributed by atoms with Crippen LogP contribution in [0, 0.1) is 23.6 Å². The molecule has 0 bridgehead atoms. The van der Waals surface area contributed by atoms with E-state index < -0.39 is 0 Å². The molecule has 2 saturated carbocycles. The molecule has 0 radical (unpaired) electrons. The van der Waals surface area contributed by atoms with Gasteiger partial charge in [0.15, 0.2) is 0 Å². The topological polar surface area (TPSA) is 30.0 Å². The van der Waals surface area contributed by atoms with Gasteiger partial charge in [-0.15, -0.1) is 0 Å². The van der Waals surface area contributed by atoms with Crippen molar-refractivity contribution < 1.29 is 9.18 Å². The maximum atomic E-state index is 13.4. The zero-order valence-electron chi connectivity index (χ0n) is 10.4. The molecular weight excluding hydrogens is 241 g/mol. The summed E-state index contributed by atoms with van der Waals surface area (Å²) in [6, 6.07) is 6.78. The first-order valence-electron chi connectivity index (χ1n) is 6.77. The van der Waals surface area contributed by atoms with Crippen molar-refractivity contribution in [1.82, 2.24) is 4.98 Å². The van der Waals surface area contributed by atoms with Gasteiger partial charge in [0.2, 0.25) is 0 Å². The predicted octanol–water partition coefficient (Wildman–Crippen LogP) is 3.31. The lowest BCUT2D eigenvalue weighted by Gasteiger charge is -2.15. The van der Waals surface area contributed by atoms with E-state index in [4.69, 9.17) is 0 Å². The Balaban J connectivity index is 1.72. The van der Waals surface area contributed by atoms with Crippen LogP contribution >= 0.6 is 0 Å². The van der Waals surface area contributed by atoms with Gasteiger partial charge in [-0.25, -0.2) is 4.39 Å². The smallest absolute Gasteiger partial charge is 0.123 e. The van der Waals surface area contributed by atoms with Gasteiger partial charge in [-0.3, -0.25) is 4.98 Å². The molecule has 2 unspecified atom stereocenters. The first-order valence-corrected chi connectivity index (χ1v) is 6.77. The number of benzene rings is 1. The Morgan fingerprint density at radius 3 is 2.74 bits per heavy atom. The number of aromatic nitrogens is 1. The van der Waals surface area contributed by atoms with E-state index in [-0.39, 0.29) is 5.82 Å². The van der Waals surface area contributed by atoms with Gasteiger partial charge < -0.3 is 4.79 Å². The van der Waals surface area contributed by atoms with Crippen LogP contribution in [0.25, 0.3) is 10.9 Å². The minimum Gasteiger partial charge on any atom is -0.303 e. The normalized spacial score (nSPS) is 32.3. The van der Waals surface area contributed by atoms with Crippen molar-refractivity contribution in [1.29, 1.82) is 0 Å². The fourth-order valence-electron chi connectivity index (χ4n) is 3.84. The summed E-state index contributed by atoms with van der Waals surface area (Å²) < 4.78 is 13.4. The molecule has 1 aromatic heterocycles. The second-order valence-electron chi connectivity index (χ2n) is 5.77. The minimum absolute atomic E-state index is 0.212. The monoisotopic (exact) mass is 255 g/mol. The Kier molecular flexibility index (Phi) is 2.25. The maximum Gasteiger partial charge on any atom is 0.123 e. The van der Waals surface area contributed by atoms with E-state index in [1.165, 1.54) is 11.6 Å². The maximum absolute atomic E-state index is 13.4. The summed E-state index contributed by atoms with van der Waals surface area (Å²) in [6.07, 6.45) is 5.03. The molecule has 0 saturated heterocycles. The van der Waals surface area contributed by atoms with Gasteiger partial charge in [0.25, 0.3) is 0 Å². The van der Waals surface area contributed by atoms with E-state index in [1.807, 2.05) is 6.07 Å². The average Bonchev–Trinajstić information content (AvgIpc) is 2.90. The van der Waals surface area contributed by atoms with E-state index in [0.29, 0.717) is 23.7 Å². The number of carbonyl (C=O) groups excluding carboxylic acids is 1. The molecule has 4 atom stereocenters. The summed E-state index contributed by atoms with van der Waals surface area (Å²) in [7, 11) is 0. The third-order valence-electron chi connectivity index (χ3n) is 4.85.